The summed E-state index contributed by atoms with van der Waals surface area (Å²) < 4.78 is 0. The van der Waals surface area contributed by atoms with E-state index in [1.165, 1.54) is 33.4 Å². The third-order valence-corrected chi connectivity index (χ3v) is 6.72. The molecule has 0 bridgehead atoms. The van der Waals surface area contributed by atoms with Crippen molar-refractivity contribution < 1.29 is 9.90 Å². The SMILES string of the molecule is CC(C)c1ccc(CCc2cccc3c2[C@@H](C(=O)O)CCC3)c(C(C)C)c1C(C)C. The van der Waals surface area contributed by atoms with Crippen molar-refractivity contribution in [2.75, 3.05) is 0 Å². The van der Waals surface area contributed by atoms with E-state index in [0.717, 1.165) is 37.7 Å². The maximum absolute atomic E-state index is 11.9. The van der Waals surface area contributed by atoms with Gasteiger partial charge in [0, 0.05) is 0 Å². The molecule has 0 fully saturated rings. The molecule has 0 saturated heterocycles. The monoisotopic (exact) mass is 406 g/mol. The Hall–Kier alpha value is -2.09. The highest BCUT2D eigenvalue weighted by Gasteiger charge is 2.28. The van der Waals surface area contributed by atoms with Crippen molar-refractivity contribution in [2.24, 2.45) is 0 Å². The smallest absolute Gasteiger partial charge is 0.310 e. The van der Waals surface area contributed by atoms with Gasteiger partial charge in [-0.05, 0) is 88.8 Å². The van der Waals surface area contributed by atoms with Gasteiger partial charge in [-0.15, -0.1) is 0 Å². The number of hydrogen-bond acceptors (Lipinski definition) is 1. The topological polar surface area (TPSA) is 37.3 Å². The number of carbonyl (C=O) groups is 1. The second-order valence-electron chi connectivity index (χ2n) is 9.88. The fourth-order valence-corrected chi connectivity index (χ4v) is 5.45. The number of benzene rings is 2. The second-order valence-corrected chi connectivity index (χ2v) is 9.88. The summed E-state index contributed by atoms with van der Waals surface area (Å²) in [6, 6.07) is 11.1. The Bertz CT molecular complexity index is 905. The Kier molecular flexibility index (Phi) is 7.06. The molecule has 3 rings (SSSR count). The Morgan fingerprint density at radius 1 is 0.900 bits per heavy atom. The summed E-state index contributed by atoms with van der Waals surface area (Å²) in [4.78, 5) is 11.9. The van der Waals surface area contributed by atoms with Gasteiger partial charge in [0.05, 0.1) is 5.92 Å². The van der Waals surface area contributed by atoms with Crippen LogP contribution in [0.3, 0.4) is 0 Å². The first-order chi connectivity index (χ1) is 14.2. The molecule has 2 heteroatoms. The van der Waals surface area contributed by atoms with E-state index >= 15 is 0 Å². The van der Waals surface area contributed by atoms with Crippen molar-refractivity contribution in [3.05, 3.63) is 69.3 Å². The molecule has 0 unspecified atom stereocenters. The number of aryl methyl sites for hydroxylation is 3. The van der Waals surface area contributed by atoms with Crippen LogP contribution in [-0.2, 0) is 24.1 Å². The van der Waals surface area contributed by atoms with E-state index in [2.05, 4.69) is 71.9 Å². The Balaban J connectivity index is 1.99. The lowest BCUT2D eigenvalue weighted by molar-refractivity contribution is -0.139. The molecule has 1 N–H and O–H groups in total. The molecule has 0 radical (unpaired) electrons. The molecule has 1 atom stereocenters. The highest BCUT2D eigenvalue weighted by molar-refractivity contribution is 5.77. The number of rotatable bonds is 7. The van der Waals surface area contributed by atoms with Crippen molar-refractivity contribution in [1.29, 1.82) is 0 Å². The fourth-order valence-electron chi connectivity index (χ4n) is 5.45. The standard InChI is InChI=1S/C28H38O2/c1-17(2)23-16-15-22(25(18(3)4)26(23)19(5)6)14-13-21-10-7-9-20-11-8-12-24(27(20)21)28(29)30/h7,9-10,15-19,24H,8,11-14H2,1-6H3,(H,29,30)/t24-/m0/s1. The van der Waals surface area contributed by atoms with Crippen LogP contribution in [0.25, 0.3) is 0 Å². The molecule has 0 amide bonds. The first-order valence-electron chi connectivity index (χ1n) is 11.7. The zero-order chi connectivity index (χ0) is 22.0. The summed E-state index contributed by atoms with van der Waals surface area (Å²) in [6.45, 7) is 13.8. The summed E-state index contributed by atoms with van der Waals surface area (Å²) in [5.74, 6) is 0.485. The van der Waals surface area contributed by atoms with Crippen LogP contribution >= 0.6 is 0 Å². The van der Waals surface area contributed by atoms with Crippen LogP contribution in [-0.4, -0.2) is 11.1 Å². The van der Waals surface area contributed by atoms with E-state index < -0.39 is 5.97 Å². The van der Waals surface area contributed by atoms with Gasteiger partial charge in [0.25, 0.3) is 0 Å². The minimum absolute atomic E-state index is 0.343. The first-order valence-corrected chi connectivity index (χ1v) is 11.7. The van der Waals surface area contributed by atoms with Gasteiger partial charge in [-0.25, -0.2) is 0 Å². The van der Waals surface area contributed by atoms with Crippen LogP contribution in [0.15, 0.2) is 30.3 Å². The molecule has 162 valence electrons. The quantitative estimate of drug-likeness (QED) is 0.522. The predicted molar refractivity (Wildman–Crippen MR) is 126 cm³/mol. The molecule has 1 aliphatic carbocycles. The van der Waals surface area contributed by atoms with Gasteiger partial charge >= 0.3 is 5.97 Å². The number of carboxylic acids is 1. The molecule has 0 aliphatic heterocycles. The van der Waals surface area contributed by atoms with E-state index in [1.807, 2.05) is 0 Å². The third-order valence-electron chi connectivity index (χ3n) is 6.72. The third kappa shape index (κ3) is 4.48. The molecule has 0 spiro atoms. The highest BCUT2D eigenvalue weighted by atomic mass is 16.4. The summed E-state index contributed by atoms with van der Waals surface area (Å²) >= 11 is 0. The van der Waals surface area contributed by atoms with Gasteiger partial charge in [-0.2, -0.15) is 0 Å². The van der Waals surface area contributed by atoms with Crippen LogP contribution < -0.4 is 0 Å². The molecule has 0 heterocycles. The summed E-state index contributed by atoms with van der Waals surface area (Å²) in [5.41, 5.74) is 9.51. The van der Waals surface area contributed by atoms with Crippen LogP contribution in [0.5, 0.6) is 0 Å². The van der Waals surface area contributed by atoms with Crippen molar-refractivity contribution >= 4 is 5.97 Å². The van der Waals surface area contributed by atoms with E-state index in [4.69, 9.17) is 0 Å². The molecule has 2 aromatic carbocycles. The first kappa shape index (κ1) is 22.6. The van der Waals surface area contributed by atoms with Crippen LogP contribution in [0, 0.1) is 0 Å². The number of aliphatic carboxylic acids is 1. The molecule has 30 heavy (non-hydrogen) atoms. The average molecular weight is 407 g/mol. The van der Waals surface area contributed by atoms with Crippen molar-refractivity contribution in [3.8, 4) is 0 Å². The Labute approximate surface area is 182 Å². The number of fused-ring (bicyclic) bond motifs is 1. The Morgan fingerprint density at radius 2 is 1.57 bits per heavy atom. The van der Waals surface area contributed by atoms with E-state index in [0.29, 0.717) is 17.8 Å². The van der Waals surface area contributed by atoms with Crippen LogP contribution in [0.1, 0.15) is 117 Å². The lowest BCUT2D eigenvalue weighted by atomic mass is 9.77. The van der Waals surface area contributed by atoms with Crippen molar-refractivity contribution in [1.82, 2.24) is 0 Å². The van der Waals surface area contributed by atoms with Crippen molar-refractivity contribution in [3.63, 3.8) is 0 Å². The summed E-state index contributed by atoms with van der Waals surface area (Å²) in [6.07, 6.45) is 4.61. The molecule has 2 aromatic rings. The summed E-state index contributed by atoms with van der Waals surface area (Å²) in [7, 11) is 0. The van der Waals surface area contributed by atoms with E-state index in [9.17, 15) is 9.90 Å². The minimum Gasteiger partial charge on any atom is -0.481 e. The molecular formula is C28H38O2. The maximum Gasteiger partial charge on any atom is 0.310 e. The van der Waals surface area contributed by atoms with Gasteiger partial charge < -0.3 is 5.11 Å². The zero-order valence-electron chi connectivity index (χ0n) is 19.6. The maximum atomic E-state index is 11.9. The number of hydrogen-bond donors (Lipinski definition) is 1. The van der Waals surface area contributed by atoms with Gasteiger partial charge in [-0.1, -0.05) is 71.9 Å². The largest absolute Gasteiger partial charge is 0.481 e. The Morgan fingerprint density at radius 3 is 2.17 bits per heavy atom. The normalized spacial score (nSPS) is 16.4. The zero-order valence-corrected chi connectivity index (χ0v) is 19.6. The van der Waals surface area contributed by atoms with Gasteiger partial charge in [0.15, 0.2) is 0 Å². The van der Waals surface area contributed by atoms with Crippen LogP contribution in [0.2, 0.25) is 0 Å². The van der Waals surface area contributed by atoms with E-state index in [1.54, 1.807) is 0 Å². The van der Waals surface area contributed by atoms with Crippen molar-refractivity contribution in [2.45, 2.75) is 97.3 Å². The predicted octanol–water partition coefficient (Wildman–Crippen LogP) is 7.35. The molecule has 2 nitrogen and oxygen atoms in total. The fraction of sp³-hybridized carbons (Fsp3) is 0.536. The lowest BCUT2D eigenvalue weighted by Gasteiger charge is -2.27. The van der Waals surface area contributed by atoms with Gasteiger partial charge in [-0.3, -0.25) is 4.79 Å². The van der Waals surface area contributed by atoms with E-state index in [-0.39, 0.29) is 5.92 Å². The highest BCUT2D eigenvalue weighted by Crippen LogP contribution is 2.38. The molecule has 0 saturated carbocycles. The molecule has 0 aromatic heterocycles. The summed E-state index contributed by atoms with van der Waals surface area (Å²) in [5, 5.41) is 9.79. The molecular weight excluding hydrogens is 368 g/mol. The lowest BCUT2D eigenvalue weighted by Crippen LogP contribution is -2.20. The van der Waals surface area contributed by atoms with Gasteiger partial charge in [0.2, 0.25) is 0 Å². The second kappa shape index (κ2) is 9.37. The minimum atomic E-state index is -0.672. The van der Waals surface area contributed by atoms with Crippen LogP contribution in [0.4, 0.5) is 0 Å². The average Bonchev–Trinajstić information content (AvgIpc) is 2.70. The molecule has 1 aliphatic rings. The number of carboxylic acid groups (broad SMARTS) is 1. The van der Waals surface area contributed by atoms with Gasteiger partial charge in [0.1, 0.15) is 0 Å².